The SMILES string of the molecule is C=CCN(C)C(=O)CC1CCNCC1. The summed E-state index contributed by atoms with van der Waals surface area (Å²) >= 11 is 0. The van der Waals surface area contributed by atoms with Gasteiger partial charge in [0.2, 0.25) is 5.91 Å². The normalized spacial score (nSPS) is 17.8. The van der Waals surface area contributed by atoms with Crippen molar-refractivity contribution in [3.05, 3.63) is 12.7 Å². The fraction of sp³-hybridized carbons (Fsp3) is 0.727. The Morgan fingerprint density at radius 3 is 2.79 bits per heavy atom. The largest absolute Gasteiger partial charge is 0.342 e. The summed E-state index contributed by atoms with van der Waals surface area (Å²) in [7, 11) is 1.84. The van der Waals surface area contributed by atoms with Crippen molar-refractivity contribution in [2.24, 2.45) is 5.92 Å². The van der Waals surface area contributed by atoms with Crippen molar-refractivity contribution in [2.75, 3.05) is 26.7 Å². The van der Waals surface area contributed by atoms with Gasteiger partial charge in [0.25, 0.3) is 0 Å². The molecular weight excluding hydrogens is 176 g/mol. The third-order valence-electron chi connectivity index (χ3n) is 2.75. The minimum absolute atomic E-state index is 0.247. The minimum Gasteiger partial charge on any atom is -0.342 e. The maximum absolute atomic E-state index is 11.7. The highest BCUT2D eigenvalue weighted by molar-refractivity contribution is 5.76. The van der Waals surface area contributed by atoms with E-state index in [9.17, 15) is 4.79 Å². The maximum atomic E-state index is 11.7. The second-order valence-corrected chi connectivity index (χ2v) is 3.96. The number of piperidine rings is 1. The molecule has 1 aliphatic rings. The third-order valence-corrected chi connectivity index (χ3v) is 2.75. The van der Waals surface area contributed by atoms with Crippen LogP contribution in [0.2, 0.25) is 0 Å². The summed E-state index contributed by atoms with van der Waals surface area (Å²) in [6.07, 6.45) is 4.73. The molecule has 0 aromatic rings. The molecule has 0 radical (unpaired) electrons. The van der Waals surface area contributed by atoms with Crippen molar-refractivity contribution in [3.63, 3.8) is 0 Å². The maximum Gasteiger partial charge on any atom is 0.222 e. The summed E-state index contributed by atoms with van der Waals surface area (Å²) < 4.78 is 0. The number of carbonyl (C=O) groups excluding carboxylic acids is 1. The molecule has 0 unspecified atom stereocenters. The Labute approximate surface area is 86.2 Å². The number of carbonyl (C=O) groups is 1. The molecule has 1 N–H and O–H groups in total. The minimum atomic E-state index is 0.247. The molecule has 0 atom stereocenters. The zero-order valence-corrected chi connectivity index (χ0v) is 8.96. The summed E-state index contributed by atoms with van der Waals surface area (Å²) in [5.41, 5.74) is 0. The lowest BCUT2D eigenvalue weighted by Crippen LogP contribution is -2.33. The van der Waals surface area contributed by atoms with Crippen LogP contribution in [-0.4, -0.2) is 37.5 Å². The van der Waals surface area contributed by atoms with Gasteiger partial charge in [0.15, 0.2) is 0 Å². The predicted molar refractivity (Wildman–Crippen MR) is 58.0 cm³/mol. The molecule has 1 heterocycles. The molecule has 1 fully saturated rings. The lowest BCUT2D eigenvalue weighted by atomic mass is 9.94. The van der Waals surface area contributed by atoms with Gasteiger partial charge >= 0.3 is 0 Å². The Kier molecular flexibility index (Phi) is 4.66. The number of nitrogens with one attached hydrogen (secondary N) is 1. The van der Waals surface area contributed by atoms with E-state index in [4.69, 9.17) is 0 Å². The van der Waals surface area contributed by atoms with Gasteiger partial charge in [-0.25, -0.2) is 0 Å². The standard InChI is InChI=1S/C11H20N2O/c1-3-8-13(2)11(14)9-10-4-6-12-7-5-10/h3,10,12H,1,4-9H2,2H3. The molecule has 1 saturated heterocycles. The van der Waals surface area contributed by atoms with Crippen LogP contribution >= 0.6 is 0 Å². The molecule has 1 amide bonds. The van der Waals surface area contributed by atoms with Crippen molar-refractivity contribution in [1.82, 2.24) is 10.2 Å². The molecule has 80 valence electrons. The number of nitrogens with zero attached hydrogens (tertiary/aromatic N) is 1. The first-order valence-electron chi connectivity index (χ1n) is 5.29. The average Bonchev–Trinajstić information content (AvgIpc) is 2.19. The lowest BCUT2D eigenvalue weighted by molar-refractivity contribution is -0.130. The molecule has 0 aromatic carbocycles. The van der Waals surface area contributed by atoms with Gasteiger partial charge in [-0.15, -0.1) is 6.58 Å². The molecule has 0 spiro atoms. The van der Waals surface area contributed by atoms with Crippen LogP contribution in [-0.2, 0) is 4.79 Å². The van der Waals surface area contributed by atoms with E-state index in [-0.39, 0.29) is 5.91 Å². The fourth-order valence-electron chi connectivity index (χ4n) is 1.78. The van der Waals surface area contributed by atoms with Crippen LogP contribution in [0.15, 0.2) is 12.7 Å². The highest BCUT2D eigenvalue weighted by Gasteiger charge is 2.18. The van der Waals surface area contributed by atoms with E-state index in [1.54, 1.807) is 11.0 Å². The van der Waals surface area contributed by atoms with E-state index in [1.807, 2.05) is 7.05 Å². The Balaban J connectivity index is 2.27. The van der Waals surface area contributed by atoms with Crippen LogP contribution in [0.1, 0.15) is 19.3 Å². The summed E-state index contributed by atoms with van der Waals surface area (Å²) in [5, 5.41) is 3.30. The van der Waals surface area contributed by atoms with Gasteiger partial charge in [0.05, 0.1) is 0 Å². The van der Waals surface area contributed by atoms with Crippen LogP contribution in [0.25, 0.3) is 0 Å². The van der Waals surface area contributed by atoms with Crippen molar-refractivity contribution in [2.45, 2.75) is 19.3 Å². The second-order valence-electron chi connectivity index (χ2n) is 3.96. The van der Waals surface area contributed by atoms with Gasteiger partial charge in [-0.2, -0.15) is 0 Å². The summed E-state index contributed by atoms with van der Waals surface area (Å²) in [6, 6.07) is 0. The van der Waals surface area contributed by atoms with E-state index < -0.39 is 0 Å². The first-order chi connectivity index (χ1) is 6.74. The van der Waals surface area contributed by atoms with Crippen LogP contribution in [0.5, 0.6) is 0 Å². The Hall–Kier alpha value is -0.830. The van der Waals surface area contributed by atoms with Crippen LogP contribution in [0, 0.1) is 5.92 Å². The smallest absolute Gasteiger partial charge is 0.222 e. The first-order valence-corrected chi connectivity index (χ1v) is 5.29. The van der Waals surface area contributed by atoms with Gasteiger partial charge in [0.1, 0.15) is 0 Å². The van der Waals surface area contributed by atoms with Gasteiger partial charge in [-0.1, -0.05) is 6.08 Å². The molecule has 1 rings (SSSR count). The van der Waals surface area contributed by atoms with Crippen molar-refractivity contribution >= 4 is 5.91 Å². The molecule has 3 heteroatoms. The van der Waals surface area contributed by atoms with E-state index in [0.29, 0.717) is 18.9 Å². The fourth-order valence-corrected chi connectivity index (χ4v) is 1.78. The second kappa shape index (κ2) is 5.81. The Bertz CT molecular complexity index is 197. The van der Waals surface area contributed by atoms with E-state index in [1.165, 1.54) is 0 Å². The van der Waals surface area contributed by atoms with Gasteiger partial charge in [0, 0.05) is 20.0 Å². The zero-order valence-electron chi connectivity index (χ0n) is 8.96. The number of likely N-dealkylation sites (N-methyl/N-ethyl adjacent to an activating group) is 1. The Morgan fingerprint density at radius 1 is 1.57 bits per heavy atom. The highest BCUT2D eigenvalue weighted by Crippen LogP contribution is 2.16. The van der Waals surface area contributed by atoms with Crippen molar-refractivity contribution in [1.29, 1.82) is 0 Å². The van der Waals surface area contributed by atoms with Crippen LogP contribution in [0.4, 0.5) is 0 Å². The average molecular weight is 196 g/mol. The molecule has 0 aliphatic carbocycles. The van der Waals surface area contributed by atoms with Crippen LogP contribution < -0.4 is 5.32 Å². The van der Waals surface area contributed by atoms with Gasteiger partial charge in [-0.05, 0) is 31.8 Å². The van der Waals surface area contributed by atoms with E-state index in [2.05, 4.69) is 11.9 Å². The monoisotopic (exact) mass is 196 g/mol. The van der Waals surface area contributed by atoms with Gasteiger partial charge < -0.3 is 10.2 Å². The molecule has 14 heavy (non-hydrogen) atoms. The molecule has 0 aromatic heterocycles. The first kappa shape index (κ1) is 11.2. The lowest BCUT2D eigenvalue weighted by Gasteiger charge is -2.24. The number of hydrogen-bond acceptors (Lipinski definition) is 2. The summed E-state index contributed by atoms with van der Waals surface area (Å²) in [5.74, 6) is 0.827. The zero-order chi connectivity index (χ0) is 10.4. The van der Waals surface area contributed by atoms with E-state index in [0.717, 1.165) is 25.9 Å². The topological polar surface area (TPSA) is 32.3 Å². The number of hydrogen-bond donors (Lipinski definition) is 1. The third kappa shape index (κ3) is 3.50. The molecular formula is C11H20N2O. The summed E-state index contributed by atoms with van der Waals surface area (Å²) in [6.45, 7) is 6.40. The number of rotatable bonds is 4. The van der Waals surface area contributed by atoms with Crippen LogP contribution in [0.3, 0.4) is 0 Å². The Morgan fingerprint density at radius 2 is 2.21 bits per heavy atom. The predicted octanol–water partition coefficient (Wildman–Crippen LogP) is 1.02. The molecule has 3 nitrogen and oxygen atoms in total. The van der Waals surface area contributed by atoms with Gasteiger partial charge in [-0.3, -0.25) is 4.79 Å². The molecule has 1 aliphatic heterocycles. The molecule has 0 bridgehead atoms. The highest BCUT2D eigenvalue weighted by atomic mass is 16.2. The van der Waals surface area contributed by atoms with E-state index >= 15 is 0 Å². The number of amides is 1. The van der Waals surface area contributed by atoms with Crippen molar-refractivity contribution < 1.29 is 4.79 Å². The molecule has 0 saturated carbocycles. The van der Waals surface area contributed by atoms with Crippen molar-refractivity contribution in [3.8, 4) is 0 Å². The summed E-state index contributed by atoms with van der Waals surface area (Å²) in [4.78, 5) is 13.4. The quantitative estimate of drug-likeness (QED) is 0.681.